The van der Waals surface area contributed by atoms with E-state index in [0.717, 1.165) is 4.48 Å². The van der Waals surface area contributed by atoms with E-state index in [4.69, 9.17) is 13.3 Å². The van der Waals surface area contributed by atoms with E-state index in [9.17, 15) is 0 Å². The van der Waals surface area contributed by atoms with Crippen molar-refractivity contribution < 1.29 is 30.2 Å². The maximum absolute atomic E-state index is 4.74. The number of quaternary nitrogens is 1. The summed E-state index contributed by atoms with van der Waals surface area (Å²) in [6.45, 7) is 3.49. The van der Waals surface area contributed by atoms with Gasteiger partial charge in [-0.15, -0.1) is 0 Å². The van der Waals surface area contributed by atoms with Crippen LogP contribution in [0.4, 0.5) is 0 Å². The molecule has 0 aromatic heterocycles. The van der Waals surface area contributed by atoms with Gasteiger partial charge < -0.3 is 30.2 Å². The molecule has 0 saturated heterocycles. The number of nitrogens with zero attached hydrogens (tertiary/aromatic N) is 1. The van der Waals surface area contributed by atoms with Gasteiger partial charge in [0.1, 0.15) is 0 Å². The molecule has 0 heterocycles. The first-order valence-electron chi connectivity index (χ1n) is 4.80. The molecule has 0 bridgehead atoms. The first-order valence-corrected chi connectivity index (χ1v) is 6.21. The van der Waals surface area contributed by atoms with Crippen LogP contribution in [0.3, 0.4) is 0 Å². The van der Waals surface area contributed by atoms with E-state index >= 15 is 0 Å². The minimum absolute atomic E-state index is 0. The monoisotopic (exact) mass is 259 g/mol. The van der Waals surface area contributed by atoms with Crippen LogP contribution in [0.1, 0.15) is 13.3 Å². The Labute approximate surface area is 102 Å². The molecule has 0 amide bonds. The molecule has 0 aromatic carbocycles. The fraction of sp³-hybridized carbons (Fsp3) is 1.00. The molecular formula is C9H26ClNO3Si. The van der Waals surface area contributed by atoms with E-state index in [0.29, 0.717) is 0 Å². The molecule has 0 aromatic rings. The standard InChI is InChI=1S/C6H16N.C3H10O3Si.ClH/c1-5-6-7(2,3)4;1-4-7(5-2)6-3;/h5-6H2,1-4H3;7H,1-3H3;1H/q+1;;/p-1. The summed E-state index contributed by atoms with van der Waals surface area (Å²) in [4.78, 5) is 0. The Bertz CT molecular complexity index is 113. The summed E-state index contributed by atoms with van der Waals surface area (Å²) in [6, 6.07) is 0. The zero-order valence-electron chi connectivity index (χ0n) is 11.0. The second-order valence-electron chi connectivity index (χ2n) is 4.01. The van der Waals surface area contributed by atoms with Gasteiger partial charge in [-0.25, -0.2) is 0 Å². The van der Waals surface area contributed by atoms with Crippen molar-refractivity contribution in [2.75, 3.05) is 49.0 Å². The molecule has 4 nitrogen and oxygen atoms in total. The lowest BCUT2D eigenvalue weighted by Crippen LogP contribution is -3.00. The molecule has 6 heteroatoms. The van der Waals surface area contributed by atoms with Crippen molar-refractivity contribution in [3.05, 3.63) is 0 Å². The quantitative estimate of drug-likeness (QED) is 0.413. The van der Waals surface area contributed by atoms with Crippen LogP contribution in [-0.2, 0) is 13.3 Å². The lowest BCUT2D eigenvalue weighted by Gasteiger charge is -2.22. The van der Waals surface area contributed by atoms with Crippen LogP contribution in [0.2, 0.25) is 0 Å². The van der Waals surface area contributed by atoms with E-state index in [1.807, 2.05) is 0 Å². The molecule has 0 rings (SSSR count). The van der Waals surface area contributed by atoms with E-state index in [2.05, 4.69) is 28.1 Å². The van der Waals surface area contributed by atoms with Gasteiger partial charge in [0.05, 0.1) is 27.7 Å². The van der Waals surface area contributed by atoms with Gasteiger partial charge in [-0.3, -0.25) is 0 Å². The third-order valence-electron chi connectivity index (χ3n) is 1.47. The van der Waals surface area contributed by atoms with Crippen molar-refractivity contribution >= 4 is 9.53 Å². The summed E-state index contributed by atoms with van der Waals surface area (Å²) in [6.07, 6.45) is 1.28. The molecule has 0 spiro atoms. The average Bonchev–Trinajstić information content (AvgIpc) is 2.06. The van der Waals surface area contributed by atoms with Gasteiger partial charge in [-0.2, -0.15) is 0 Å². The van der Waals surface area contributed by atoms with Crippen LogP contribution < -0.4 is 12.4 Å². The fourth-order valence-electron chi connectivity index (χ4n) is 0.959. The Kier molecular flexibility index (Phi) is 17.2. The molecule has 0 radical (unpaired) electrons. The normalized spacial score (nSPS) is 10.4. The minimum atomic E-state index is -1.67. The van der Waals surface area contributed by atoms with Crippen molar-refractivity contribution in [1.29, 1.82) is 0 Å². The van der Waals surface area contributed by atoms with E-state index in [1.165, 1.54) is 13.0 Å². The Morgan fingerprint density at radius 1 is 0.933 bits per heavy atom. The lowest BCUT2D eigenvalue weighted by atomic mass is 10.4. The highest BCUT2D eigenvalue weighted by Crippen LogP contribution is 1.90. The molecule has 0 atom stereocenters. The van der Waals surface area contributed by atoms with Crippen LogP contribution in [0.25, 0.3) is 0 Å². The molecule has 0 aliphatic heterocycles. The Balaban J connectivity index is -0.000000180. The number of hydrogen-bond acceptors (Lipinski definition) is 3. The molecule has 0 fully saturated rings. The number of rotatable bonds is 5. The zero-order chi connectivity index (χ0) is 11.6. The maximum atomic E-state index is 4.74. The SMILES string of the molecule is CCC[N+](C)(C)C.CO[SiH](OC)OC.[Cl-]. The van der Waals surface area contributed by atoms with E-state index in [1.54, 1.807) is 21.3 Å². The second-order valence-corrected chi connectivity index (χ2v) is 6.00. The maximum Gasteiger partial charge on any atom is 0.483 e. The molecule has 0 N–H and O–H groups in total. The lowest BCUT2D eigenvalue weighted by molar-refractivity contribution is -0.870. The second kappa shape index (κ2) is 12.4. The number of hydrogen-bond donors (Lipinski definition) is 0. The summed E-state index contributed by atoms with van der Waals surface area (Å²) in [5.41, 5.74) is 0. The molecule has 0 unspecified atom stereocenters. The van der Waals surface area contributed by atoms with Crippen LogP contribution in [0, 0.1) is 0 Å². The van der Waals surface area contributed by atoms with Gasteiger partial charge in [-0.05, 0) is 6.42 Å². The summed E-state index contributed by atoms with van der Waals surface area (Å²) >= 11 is 0. The van der Waals surface area contributed by atoms with Gasteiger partial charge in [0.2, 0.25) is 0 Å². The smallest absolute Gasteiger partial charge is 0.483 e. The third kappa shape index (κ3) is 20.4. The van der Waals surface area contributed by atoms with Crippen molar-refractivity contribution in [1.82, 2.24) is 0 Å². The highest BCUT2D eigenvalue weighted by molar-refractivity contribution is 6.36. The van der Waals surface area contributed by atoms with E-state index in [-0.39, 0.29) is 12.4 Å². The predicted molar refractivity (Wildman–Crippen MR) is 61.4 cm³/mol. The molecule has 0 saturated carbocycles. The van der Waals surface area contributed by atoms with Crippen LogP contribution in [0.5, 0.6) is 0 Å². The van der Waals surface area contributed by atoms with Crippen LogP contribution in [-0.4, -0.2) is 63.0 Å². The van der Waals surface area contributed by atoms with Crippen molar-refractivity contribution in [2.45, 2.75) is 13.3 Å². The number of halogens is 1. The van der Waals surface area contributed by atoms with Crippen molar-refractivity contribution in [3.8, 4) is 0 Å². The van der Waals surface area contributed by atoms with Gasteiger partial charge in [-0.1, -0.05) is 6.92 Å². The zero-order valence-corrected chi connectivity index (χ0v) is 13.0. The highest BCUT2D eigenvalue weighted by atomic mass is 35.5. The molecule has 0 aliphatic carbocycles. The highest BCUT2D eigenvalue weighted by Gasteiger charge is 2.05. The van der Waals surface area contributed by atoms with Crippen LogP contribution >= 0.6 is 0 Å². The molecule has 15 heavy (non-hydrogen) atoms. The van der Waals surface area contributed by atoms with Crippen molar-refractivity contribution in [3.63, 3.8) is 0 Å². The predicted octanol–water partition coefficient (Wildman–Crippen LogP) is -2.25. The summed E-state index contributed by atoms with van der Waals surface area (Å²) in [7, 11) is 9.68. The topological polar surface area (TPSA) is 27.7 Å². The minimum Gasteiger partial charge on any atom is -1.00 e. The van der Waals surface area contributed by atoms with E-state index < -0.39 is 9.53 Å². The Morgan fingerprint density at radius 3 is 1.27 bits per heavy atom. The third-order valence-corrected chi connectivity index (χ3v) is 2.63. The molecular weight excluding hydrogens is 234 g/mol. The average molecular weight is 260 g/mol. The summed E-state index contributed by atoms with van der Waals surface area (Å²) in [5, 5.41) is 0. The van der Waals surface area contributed by atoms with Crippen LogP contribution in [0.15, 0.2) is 0 Å². The Morgan fingerprint density at radius 2 is 1.27 bits per heavy atom. The summed E-state index contributed by atoms with van der Waals surface area (Å²) < 4.78 is 15.3. The van der Waals surface area contributed by atoms with Gasteiger partial charge in [0.15, 0.2) is 0 Å². The van der Waals surface area contributed by atoms with Gasteiger partial charge in [0, 0.05) is 21.3 Å². The first-order chi connectivity index (χ1) is 6.41. The van der Waals surface area contributed by atoms with Gasteiger partial charge >= 0.3 is 9.53 Å². The Hall–Kier alpha value is 0.347. The van der Waals surface area contributed by atoms with Crippen molar-refractivity contribution in [2.24, 2.45) is 0 Å². The first kappa shape index (κ1) is 20.7. The fourth-order valence-corrected chi connectivity index (χ4v) is 1.54. The molecule has 96 valence electrons. The molecule has 0 aliphatic rings. The van der Waals surface area contributed by atoms with Gasteiger partial charge in [0.25, 0.3) is 0 Å². The summed E-state index contributed by atoms with van der Waals surface area (Å²) in [5.74, 6) is 0. The largest absolute Gasteiger partial charge is 1.00 e.